The Morgan fingerprint density at radius 2 is 1.68 bits per heavy atom. The molecule has 0 aromatic heterocycles. The van der Waals surface area contributed by atoms with Gasteiger partial charge in [-0.25, -0.2) is 8.42 Å². The van der Waals surface area contributed by atoms with Crippen LogP contribution in [0.1, 0.15) is 43.7 Å². The smallest absolute Gasteiger partial charge is 0.264 e. The van der Waals surface area contributed by atoms with Gasteiger partial charge in [0.25, 0.3) is 10.0 Å². The van der Waals surface area contributed by atoms with Gasteiger partial charge in [0.15, 0.2) is 0 Å². The number of nitrogens with one attached hydrogen (secondary N) is 1. The molecule has 41 heavy (non-hydrogen) atoms. The molecule has 0 bridgehead atoms. The fraction of sp³-hybridized carbons (Fsp3) is 0.355. The molecule has 1 atom stereocenters. The van der Waals surface area contributed by atoms with Crippen LogP contribution in [0.4, 0.5) is 5.69 Å². The van der Waals surface area contributed by atoms with Crippen molar-refractivity contribution < 1.29 is 22.7 Å². The Morgan fingerprint density at radius 1 is 1.02 bits per heavy atom. The zero-order chi connectivity index (χ0) is 29.6. The van der Waals surface area contributed by atoms with Crippen LogP contribution < -0.4 is 14.4 Å². The minimum atomic E-state index is -4.15. The molecule has 8 nitrogen and oxygen atoms in total. The van der Waals surface area contributed by atoms with Crippen LogP contribution in [-0.4, -0.2) is 50.9 Å². The van der Waals surface area contributed by atoms with E-state index in [1.807, 2.05) is 25.1 Å². The molecule has 1 saturated carbocycles. The summed E-state index contributed by atoms with van der Waals surface area (Å²) in [5.41, 5.74) is 1.97. The van der Waals surface area contributed by atoms with E-state index in [-0.39, 0.29) is 23.4 Å². The maximum Gasteiger partial charge on any atom is 0.264 e. The van der Waals surface area contributed by atoms with E-state index in [9.17, 15) is 18.0 Å². The van der Waals surface area contributed by atoms with Gasteiger partial charge in [-0.2, -0.15) is 0 Å². The summed E-state index contributed by atoms with van der Waals surface area (Å²) in [6, 6.07) is 19.2. The summed E-state index contributed by atoms with van der Waals surface area (Å²) in [6.45, 7) is 3.15. The first-order valence-electron chi connectivity index (χ1n) is 13.7. The first-order chi connectivity index (χ1) is 19.6. The number of sulfonamides is 1. The number of rotatable bonds is 11. The average molecular weight is 598 g/mol. The minimum absolute atomic E-state index is 0.00457. The number of aryl methyl sites for hydroxylation is 1. The van der Waals surface area contributed by atoms with Crippen LogP contribution in [0.3, 0.4) is 0 Å². The van der Waals surface area contributed by atoms with Crippen molar-refractivity contribution in [2.24, 2.45) is 0 Å². The van der Waals surface area contributed by atoms with E-state index in [1.165, 1.54) is 29.2 Å². The van der Waals surface area contributed by atoms with Gasteiger partial charge in [0, 0.05) is 17.6 Å². The fourth-order valence-electron chi connectivity index (χ4n) is 4.95. The lowest BCUT2D eigenvalue weighted by Gasteiger charge is -2.32. The lowest BCUT2D eigenvalue weighted by Crippen LogP contribution is -2.52. The van der Waals surface area contributed by atoms with Crippen LogP contribution >= 0.6 is 11.6 Å². The molecule has 0 aliphatic heterocycles. The maximum atomic E-state index is 14.0. The molecule has 0 heterocycles. The van der Waals surface area contributed by atoms with E-state index in [4.69, 9.17) is 16.3 Å². The number of amides is 2. The highest BCUT2D eigenvalue weighted by Crippen LogP contribution is 2.27. The molecule has 218 valence electrons. The summed E-state index contributed by atoms with van der Waals surface area (Å²) in [4.78, 5) is 28.8. The van der Waals surface area contributed by atoms with E-state index in [0.29, 0.717) is 16.5 Å². The third-order valence-corrected chi connectivity index (χ3v) is 9.39. The van der Waals surface area contributed by atoms with E-state index in [0.717, 1.165) is 41.1 Å². The standard InChI is InChI=1S/C31H36ClN3O5S/c1-22-7-6-10-27(19-22)35(41(38,39)29-17-13-25(32)14-18-29)21-30(36)34(20-24-11-15-28(40-3)16-12-24)23(2)31(37)33-26-8-4-5-9-26/h6-7,10-19,23,26H,4-5,8-9,20-21H2,1-3H3,(H,33,37)/t23-/m0/s1. The minimum Gasteiger partial charge on any atom is -0.497 e. The van der Waals surface area contributed by atoms with Gasteiger partial charge >= 0.3 is 0 Å². The van der Waals surface area contributed by atoms with Gasteiger partial charge in [-0.3, -0.25) is 13.9 Å². The van der Waals surface area contributed by atoms with Gasteiger partial charge in [0.2, 0.25) is 11.8 Å². The number of hydrogen-bond acceptors (Lipinski definition) is 5. The summed E-state index contributed by atoms with van der Waals surface area (Å²) < 4.78 is 34.1. The molecule has 3 aromatic rings. The van der Waals surface area contributed by atoms with Crippen molar-refractivity contribution in [3.63, 3.8) is 0 Å². The zero-order valence-electron chi connectivity index (χ0n) is 23.5. The van der Waals surface area contributed by atoms with E-state index < -0.39 is 28.5 Å². The van der Waals surface area contributed by atoms with Crippen molar-refractivity contribution in [2.75, 3.05) is 18.0 Å². The van der Waals surface area contributed by atoms with Gasteiger partial charge in [-0.1, -0.05) is 48.7 Å². The molecule has 1 aliphatic rings. The maximum absolute atomic E-state index is 14.0. The molecule has 0 spiro atoms. The highest BCUT2D eigenvalue weighted by atomic mass is 35.5. The van der Waals surface area contributed by atoms with Crippen LogP contribution in [0, 0.1) is 6.92 Å². The number of carbonyl (C=O) groups is 2. The second-order valence-corrected chi connectivity index (χ2v) is 12.6. The Labute approximate surface area is 247 Å². The van der Waals surface area contributed by atoms with Crippen molar-refractivity contribution in [3.8, 4) is 5.75 Å². The normalized spacial score (nSPS) is 14.3. The molecule has 1 aliphatic carbocycles. The largest absolute Gasteiger partial charge is 0.497 e. The first-order valence-corrected chi connectivity index (χ1v) is 15.5. The van der Waals surface area contributed by atoms with Gasteiger partial charge in [0.05, 0.1) is 17.7 Å². The van der Waals surface area contributed by atoms with Crippen LogP contribution in [0.2, 0.25) is 5.02 Å². The molecular formula is C31H36ClN3O5S. The Morgan fingerprint density at radius 3 is 2.29 bits per heavy atom. The van der Waals surface area contributed by atoms with Crippen LogP contribution in [0.25, 0.3) is 0 Å². The highest BCUT2D eigenvalue weighted by molar-refractivity contribution is 7.92. The van der Waals surface area contributed by atoms with Crippen molar-refractivity contribution in [2.45, 2.75) is 63.1 Å². The topological polar surface area (TPSA) is 96.0 Å². The van der Waals surface area contributed by atoms with Crippen molar-refractivity contribution in [3.05, 3.63) is 88.9 Å². The molecule has 0 unspecified atom stereocenters. The predicted octanol–water partition coefficient (Wildman–Crippen LogP) is 5.33. The quantitative estimate of drug-likeness (QED) is 0.322. The molecule has 1 N–H and O–H groups in total. The SMILES string of the molecule is COc1ccc(CN(C(=O)CN(c2cccc(C)c2)S(=O)(=O)c2ccc(Cl)cc2)[C@@H](C)C(=O)NC2CCCC2)cc1. The van der Waals surface area contributed by atoms with E-state index in [1.54, 1.807) is 44.4 Å². The molecular weight excluding hydrogens is 562 g/mol. The second-order valence-electron chi connectivity index (χ2n) is 10.3. The summed E-state index contributed by atoms with van der Waals surface area (Å²) >= 11 is 6.01. The second kappa shape index (κ2) is 13.4. The number of benzene rings is 3. The van der Waals surface area contributed by atoms with Crippen molar-refractivity contribution >= 4 is 39.1 Å². The van der Waals surface area contributed by atoms with Crippen LogP contribution in [0.5, 0.6) is 5.75 Å². The molecule has 3 aromatic carbocycles. The fourth-order valence-corrected chi connectivity index (χ4v) is 6.48. The van der Waals surface area contributed by atoms with E-state index in [2.05, 4.69) is 5.32 Å². The molecule has 4 rings (SSSR count). The number of anilines is 1. The third kappa shape index (κ3) is 7.59. The van der Waals surface area contributed by atoms with Crippen LogP contribution in [-0.2, 0) is 26.2 Å². The molecule has 2 amide bonds. The van der Waals surface area contributed by atoms with Gasteiger partial charge in [-0.15, -0.1) is 0 Å². The summed E-state index contributed by atoms with van der Waals surface area (Å²) in [7, 11) is -2.58. The zero-order valence-corrected chi connectivity index (χ0v) is 25.1. The number of ether oxygens (including phenoxy) is 1. The number of nitrogens with zero attached hydrogens (tertiary/aromatic N) is 2. The molecule has 0 radical (unpaired) electrons. The average Bonchev–Trinajstić information content (AvgIpc) is 3.47. The predicted molar refractivity (Wildman–Crippen MR) is 161 cm³/mol. The Bertz CT molecular complexity index is 1460. The third-order valence-electron chi connectivity index (χ3n) is 7.35. The Balaban J connectivity index is 1.68. The number of methoxy groups -OCH3 is 1. The molecule has 0 saturated heterocycles. The summed E-state index contributed by atoms with van der Waals surface area (Å²) in [5.74, 6) is -0.103. The molecule has 1 fully saturated rings. The van der Waals surface area contributed by atoms with E-state index >= 15 is 0 Å². The Kier molecular flexibility index (Phi) is 9.94. The van der Waals surface area contributed by atoms with Gasteiger partial charge in [-0.05, 0) is 86.3 Å². The first kappa shape index (κ1) is 30.4. The highest BCUT2D eigenvalue weighted by Gasteiger charge is 2.33. The van der Waals surface area contributed by atoms with Crippen molar-refractivity contribution in [1.82, 2.24) is 10.2 Å². The lowest BCUT2D eigenvalue weighted by molar-refractivity contribution is -0.139. The lowest BCUT2D eigenvalue weighted by atomic mass is 10.1. The number of hydrogen-bond donors (Lipinski definition) is 1. The number of halogens is 1. The monoisotopic (exact) mass is 597 g/mol. The van der Waals surface area contributed by atoms with Crippen LogP contribution in [0.15, 0.2) is 77.7 Å². The molecule has 10 heteroatoms. The van der Waals surface area contributed by atoms with Gasteiger partial charge < -0.3 is 15.0 Å². The summed E-state index contributed by atoms with van der Waals surface area (Å²) in [5, 5.41) is 3.47. The Hall–Kier alpha value is -3.56. The van der Waals surface area contributed by atoms with Gasteiger partial charge in [0.1, 0.15) is 18.3 Å². The number of carbonyl (C=O) groups excluding carboxylic acids is 2. The summed E-state index contributed by atoms with van der Waals surface area (Å²) in [6.07, 6.45) is 3.93. The van der Waals surface area contributed by atoms with Crippen molar-refractivity contribution in [1.29, 1.82) is 0 Å².